The van der Waals surface area contributed by atoms with E-state index in [4.69, 9.17) is 0 Å². The maximum Gasteiger partial charge on any atom is 0.430 e. The molecule has 0 aliphatic rings. The highest BCUT2D eigenvalue weighted by Gasteiger charge is 2.35. The van der Waals surface area contributed by atoms with Gasteiger partial charge in [-0.25, -0.2) is 0 Å². The zero-order valence-electron chi connectivity index (χ0n) is 11.1. The number of nitro groups is 1. The predicted octanol–water partition coefficient (Wildman–Crippen LogP) is 3.89. The molecule has 0 fully saturated rings. The largest absolute Gasteiger partial charge is 0.430 e. The molecule has 1 aromatic carbocycles. The molecule has 0 aromatic heterocycles. The zero-order valence-corrected chi connectivity index (χ0v) is 11.1. The van der Waals surface area contributed by atoms with Gasteiger partial charge in [0.1, 0.15) is 5.70 Å². The normalized spacial score (nSPS) is 13.9. The Morgan fingerprint density at radius 3 is 2.55 bits per heavy atom. The smallest absolute Gasteiger partial charge is 0.379 e. The van der Waals surface area contributed by atoms with E-state index in [-0.39, 0.29) is 17.3 Å². The molecule has 0 saturated carbocycles. The standard InChI is InChI=1S/C13H15F3N2O2/c1-3-9(2)17-12(13(14,15)16)8-10-6-4-5-7-11(10)18(19)20/h4-9,17H,3H2,1-2H3/b12-8-. The van der Waals surface area contributed by atoms with Gasteiger partial charge in [-0.3, -0.25) is 10.1 Å². The van der Waals surface area contributed by atoms with Crippen LogP contribution in [-0.4, -0.2) is 17.1 Å². The number of allylic oxidation sites excluding steroid dienone is 1. The molecule has 20 heavy (non-hydrogen) atoms. The summed E-state index contributed by atoms with van der Waals surface area (Å²) in [5, 5.41) is 13.1. The van der Waals surface area contributed by atoms with Gasteiger partial charge in [0.2, 0.25) is 0 Å². The van der Waals surface area contributed by atoms with E-state index in [2.05, 4.69) is 5.32 Å². The van der Waals surface area contributed by atoms with Gasteiger partial charge in [-0.05, 0) is 25.5 Å². The first-order valence-corrected chi connectivity index (χ1v) is 6.04. The Hall–Kier alpha value is -2.05. The van der Waals surface area contributed by atoms with Crippen LogP contribution in [0.1, 0.15) is 25.8 Å². The van der Waals surface area contributed by atoms with Crippen LogP contribution in [0.4, 0.5) is 18.9 Å². The molecule has 1 aromatic rings. The summed E-state index contributed by atoms with van der Waals surface area (Å²) in [6, 6.07) is 4.93. The van der Waals surface area contributed by atoms with Crippen molar-refractivity contribution < 1.29 is 18.1 Å². The van der Waals surface area contributed by atoms with Crippen LogP contribution in [0.15, 0.2) is 30.0 Å². The monoisotopic (exact) mass is 288 g/mol. The summed E-state index contributed by atoms with van der Waals surface area (Å²) < 4.78 is 38.8. The van der Waals surface area contributed by atoms with Crippen LogP contribution in [0.2, 0.25) is 0 Å². The Bertz CT molecular complexity index is 513. The number of rotatable bonds is 5. The van der Waals surface area contributed by atoms with E-state index in [0.717, 1.165) is 6.08 Å². The van der Waals surface area contributed by atoms with E-state index in [1.807, 2.05) is 0 Å². The van der Waals surface area contributed by atoms with Gasteiger partial charge in [0, 0.05) is 12.1 Å². The molecule has 0 aliphatic heterocycles. The lowest BCUT2D eigenvalue weighted by Gasteiger charge is -2.18. The number of nitrogens with zero attached hydrogens (tertiary/aromatic N) is 1. The van der Waals surface area contributed by atoms with E-state index in [0.29, 0.717) is 6.42 Å². The molecular formula is C13H15F3N2O2. The summed E-state index contributed by atoms with van der Waals surface area (Å²) in [7, 11) is 0. The van der Waals surface area contributed by atoms with Crippen molar-refractivity contribution in [3.05, 3.63) is 45.6 Å². The fraction of sp³-hybridized carbons (Fsp3) is 0.385. The van der Waals surface area contributed by atoms with Crippen molar-refractivity contribution in [1.82, 2.24) is 5.32 Å². The van der Waals surface area contributed by atoms with Crippen LogP contribution >= 0.6 is 0 Å². The molecular weight excluding hydrogens is 273 g/mol. The second kappa shape index (κ2) is 6.40. The number of hydrogen-bond donors (Lipinski definition) is 1. The Morgan fingerprint density at radius 2 is 2.05 bits per heavy atom. The van der Waals surface area contributed by atoms with Crippen LogP contribution in [0, 0.1) is 10.1 Å². The lowest BCUT2D eigenvalue weighted by Crippen LogP contribution is -2.32. The highest BCUT2D eigenvalue weighted by molar-refractivity contribution is 5.63. The number of nitro benzene ring substituents is 1. The summed E-state index contributed by atoms with van der Waals surface area (Å²) >= 11 is 0. The Kier molecular flexibility index (Phi) is 5.12. The summed E-state index contributed by atoms with van der Waals surface area (Å²) in [6.07, 6.45) is -3.32. The molecule has 0 aliphatic carbocycles. The van der Waals surface area contributed by atoms with Crippen LogP contribution in [-0.2, 0) is 0 Å². The number of halogens is 3. The molecule has 7 heteroatoms. The second-order valence-corrected chi connectivity index (χ2v) is 4.33. The molecule has 0 saturated heterocycles. The third-order valence-electron chi connectivity index (χ3n) is 2.75. The lowest BCUT2D eigenvalue weighted by atomic mass is 10.1. The molecule has 0 spiro atoms. The average molecular weight is 288 g/mol. The van der Waals surface area contributed by atoms with Crippen molar-refractivity contribution in [1.29, 1.82) is 0 Å². The number of para-hydroxylation sites is 1. The SMILES string of the molecule is CCC(C)N/C(=C\c1ccccc1[N+](=O)[O-])C(F)(F)F. The lowest BCUT2D eigenvalue weighted by molar-refractivity contribution is -0.385. The van der Waals surface area contributed by atoms with Crippen molar-refractivity contribution in [2.24, 2.45) is 0 Å². The summed E-state index contributed by atoms with van der Waals surface area (Å²) in [5.74, 6) is 0. The van der Waals surface area contributed by atoms with Gasteiger partial charge in [-0.15, -0.1) is 0 Å². The molecule has 1 unspecified atom stereocenters. The van der Waals surface area contributed by atoms with Crippen molar-refractivity contribution in [2.45, 2.75) is 32.5 Å². The van der Waals surface area contributed by atoms with E-state index < -0.39 is 16.8 Å². The minimum atomic E-state index is -4.59. The molecule has 4 nitrogen and oxygen atoms in total. The molecule has 0 heterocycles. The fourth-order valence-corrected chi connectivity index (χ4v) is 1.50. The van der Waals surface area contributed by atoms with Gasteiger partial charge in [0.05, 0.1) is 10.5 Å². The van der Waals surface area contributed by atoms with Crippen LogP contribution in [0.25, 0.3) is 6.08 Å². The fourth-order valence-electron chi connectivity index (χ4n) is 1.50. The quantitative estimate of drug-likeness (QED) is 0.660. The molecule has 1 N–H and O–H groups in total. The molecule has 0 bridgehead atoms. The second-order valence-electron chi connectivity index (χ2n) is 4.33. The van der Waals surface area contributed by atoms with E-state index in [1.54, 1.807) is 13.8 Å². The van der Waals surface area contributed by atoms with Crippen molar-refractivity contribution >= 4 is 11.8 Å². The minimum Gasteiger partial charge on any atom is -0.379 e. The van der Waals surface area contributed by atoms with Gasteiger partial charge < -0.3 is 5.32 Å². The summed E-state index contributed by atoms with van der Waals surface area (Å²) in [6.45, 7) is 3.36. The maximum absolute atomic E-state index is 12.9. The summed E-state index contributed by atoms with van der Waals surface area (Å²) in [5.41, 5.74) is -1.43. The van der Waals surface area contributed by atoms with Gasteiger partial charge in [-0.1, -0.05) is 19.1 Å². The van der Waals surface area contributed by atoms with Gasteiger partial charge in [-0.2, -0.15) is 13.2 Å². The van der Waals surface area contributed by atoms with Crippen LogP contribution in [0.3, 0.4) is 0 Å². The Labute approximate surface area is 114 Å². The highest BCUT2D eigenvalue weighted by atomic mass is 19.4. The van der Waals surface area contributed by atoms with Gasteiger partial charge in [0.25, 0.3) is 5.69 Å². The van der Waals surface area contributed by atoms with Crippen molar-refractivity contribution in [3.8, 4) is 0 Å². The van der Waals surface area contributed by atoms with Crippen molar-refractivity contribution in [2.75, 3.05) is 0 Å². The topological polar surface area (TPSA) is 55.2 Å². The third-order valence-corrected chi connectivity index (χ3v) is 2.75. The van der Waals surface area contributed by atoms with Gasteiger partial charge in [0.15, 0.2) is 0 Å². The maximum atomic E-state index is 12.9. The molecule has 0 radical (unpaired) electrons. The number of alkyl halides is 3. The highest BCUT2D eigenvalue weighted by Crippen LogP contribution is 2.28. The summed E-state index contributed by atoms with van der Waals surface area (Å²) in [4.78, 5) is 10.1. The number of nitrogens with one attached hydrogen (secondary N) is 1. The average Bonchev–Trinajstić information content (AvgIpc) is 2.37. The Balaban J connectivity index is 3.23. The molecule has 1 rings (SSSR count). The van der Waals surface area contributed by atoms with E-state index in [1.165, 1.54) is 24.3 Å². The Morgan fingerprint density at radius 1 is 1.45 bits per heavy atom. The third kappa shape index (κ3) is 4.25. The van der Waals surface area contributed by atoms with Gasteiger partial charge >= 0.3 is 6.18 Å². The number of benzene rings is 1. The first-order chi connectivity index (χ1) is 9.25. The number of hydrogen-bond acceptors (Lipinski definition) is 3. The zero-order chi connectivity index (χ0) is 15.3. The van der Waals surface area contributed by atoms with E-state index in [9.17, 15) is 23.3 Å². The molecule has 1 atom stereocenters. The van der Waals surface area contributed by atoms with E-state index >= 15 is 0 Å². The predicted molar refractivity (Wildman–Crippen MR) is 70.0 cm³/mol. The first kappa shape index (κ1) is 16.0. The molecule has 0 amide bonds. The van der Waals surface area contributed by atoms with Crippen LogP contribution < -0.4 is 5.32 Å². The minimum absolute atomic E-state index is 0.0828. The van der Waals surface area contributed by atoms with Crippen molar-refractivity contribution in [3.63, 3.8) is 0 Å². The first-order valence-electron chi connectivity index (χ1n) is 6.04. The van der Waals surface area contributed by atoms with Crippen LogP contribution in [0.5, 0.6) is 0 Å². The molecule has 110 valence electrons.